The Morgan fingerprint density at radius 3 is 2.71 bits per heavy atom. The number of fused-ring (bicyclic) bond motifs is 1. The second-order valence-corrected chi connectivity index (χ2v) is 5.53. The van der Waals surface area contributed by atoms with E-state index in [0.717, 1.165) is 18.5 Å². The molecule has 0 aliphatic carbocycles. The van der Waals surface area contributed by atoms with Crippen molar-refractivity contribution in [3.05, 3.63) is 53.6 Å². The molecule has 0 amide bonds. The molecule has 4 N–H and O–H groups in total. The van der Waals surface area contributed by atoms with Gasteiger partial charge in [-0.3, -0.25) is 0 Å². The van der Waals surface area contributed by atoms with Gasteiger partial charge in [0, 0.05) is 36.3 Å². The van der Waals surface area contributed by atoms with E-state index in [1.165, 1.54) is 17.3 Å². The van der Waals surface area contributed by atoms with E-state index in [1.54, 1.807) is 12.1 Å². The Kier molecular flexibility index (Phi) is 3.71. The molecule has 110 valence electrons. The van der Waals surface area contributed by atoms with Crippen LogP contribution in [0.2, 0.25) is 0 Å². The van der Waals surface area contributed by atoms with Crippen molar-refractivity contribution in [1.82, 2.24) is 0 Å². The molecule has 1 atom stereocenters. The number of para-hydroxylation sites is 1. The number of nitrogens with two attached hydrogens (primary N) is 1. The van der Waals surface area contributed by atoms with Crippen molar-refractivity contribution in [2.75, 3.05) is 18.0 Å². The van der Waals surface area contributed by atoms with Crippen LogP contribution >= 0.6 is 0 Å². The number of phenols is 2. The van der Waals surface area contributed by atoms with Crippen molar-refractivity contribution in [2.45, 2.75) is 18.9 Å². The van der Waals surface area contributed by atoms with Crippen molar-refractivity contribution in [3.63, 3.8) is 0 Å². The highest BCUT2D eigenvalue weighted by Gasteiger charge is 2.27. The molecule has 1 aliphatic heterocycles. The average molecular weight is 284 g/mol. The summed E-state index contributed by atoms with van der Waals surface area (Å²) in [6.45, 7) is 2.22. The highest BCUT2D eigenvalue weighted by atomic mass is 16.3. The van der Waals surface area contributed by atoms with Gasteiger partial charge >= 0.3 is 0 Å². The summed E-state index contributed by atoms with van der Waals surface area (Å²) >= 11 is 0. The Balaban J connectivity index is 1.86. The van der Waals surface area contributed by atoms with Crippen molar-refractivity contribution in [1.29, 1.82) is 0 Å². The first-order valence-corrected chi connectivity index (χ1v) is 7.24. The van der Waals surface area contributed by atoms with Gasteiger partial charge in [0.2, 0.25) is 0 Å². The largest absolute Gasteiger partial charge is 0.508 e. The van der Waals surface area contributed by atoms with E-state index >= 15 is 0 Å². The molecule has 4 nitrogen and oxygen atoms in total. The van der Waals surface area contributed by atoms with Gasteiger partial charge in [-0.2, -0.15) is 0 Å². The fourth-order valence-electron chi connectivity index (χ4n) is 3.07. The zero-order valence-electron chi connectivity index (χ0n) is 11.9. The molecule has 0 bridgehead atoms. The summed E-state index contributed by atoms with van der Waals surface area (Å²) in [5.41, 5.74) is 9.08. The van der Waals surface area contributed by atoms with E-state index < -0.39 is 0 Å². The van der Waals surface area contributed by atoms with E-state index in [2.05, 4.69) is 23.1 Å². The summed E-state index contributed by atoms with van der Waals surface area (Å²) in [4.78, 5) is 2.27. The molecule has 1 unspecified atom stereocenters. The van der Waals surface area contributed by atoms with Crippen molar-refractivity contribution in [3.8, 4) is 11.5 Å². The maximum Gasteiger partial charge on any atom is 0.124 e. The lowest BCUT2D eigenvalue weighted by atomic mass is 9.98. The van der Waals surface area contributed by atoms with Crippen LogP contribution in [-0.4, -0.2) is 23.3 Å². The van der Waals surface area contributed by atoms with Crippen molar-refractivity contribution < 1.29 is 10.2 Å². The van der Waals surface area contributed by atoms with Gasteiger partial charge in [0.1, 0.15) is 11.5 Å². The fraction of sp³-hybridized carbons (Fsp3) is 0.294. The highest BCUT2D eigenvalue weighted by Crippen LogP contribution is 2.39. The van der Waals surface area contributed by atoms with Gasteiger partial charge in [-0.15, -0.1) is 0 Å². The van der Waals surface area contributed by atoms with E-state index in [1.807, 2.05) is 6.07 Å². The molecular weight excluding hydrogens is 264 g/mol. The number of anilines is 1. The maximum absolute atomic E-state index is 9.96. The lowest BCUT2D eigenvalue weighted by molar-refractivity contribution is 0.445. The SMILES string of the molecule is NCCC1CN(Cc2ccc(O)cc2O)c2ccccc21. The molecule has 4 heteroatoms. The minimum Gasteiger partial charge on any atom is -0.508 e. The van der Waals surface area contributed by atoms with Gasteiger partial charge in [0.25, 0.3) is 0 Å². The number of benzene rings is 2. The van der Waals surface area contributed by atoms with Gasteiger partial charge in [-0.1, -0.05) is 18.2 Å². The van der Waals surface area contributed by atoms with Crippen LogP contribution in [0.1, 0.15) is 23.5 Å². The number of hydrogen-bond donors (Lipinski definition) is 3. The van der Waals surface area contributed by atoms with Crippen LogP contribution in [0.5, 0.6) is 11.5 Å². The molecule has 2 aromatic rings. The fourth-order valence-corrected chi connectivity index (χ4v) is 3.07. The predicted molar refractivity (Wildman–Crippen MR) is 83.7 cm³/mol. The Labute approximate surface area is 124 Å². The number of nitrogens with zero attached hydrogens (tertiary/aromatic N) is 1. The Morgan fingerprint density at radius 2 is 1.95 bits per heavy atom. The molecule has 21 heavy (non-hydrogen) atoms. The first-order chi connectivity index (χ1) is 10.2. The average Bonchev–Trinajstić information content (AvgIpc) is 2.81. The Bertz CT molecular complexity index is 642. The van der Waals surface area contributed by atoms with E-state index in [-0.39, 0.29) is 11.5 Å². The van der Waals surface area contributed by atoms with Crippen LogP contribution in [0.3, 0.4) is 0 Å². The third-order valence-electron chi connectivity index (χ3n) is 4.10. The quantitative estimate of drug-likeness (QED) is 0.807. The lowest BCUT2D eigenvalue weighted by Gasteiger charge is -2.20. The predicted octanol–water partition coefficient (Wildman–Crippen LogP) is 2.55. The zero-order valence-corrected chi connectivity index (χ0v) is 11.9. The number of aromatic hydroxyl groups is 2. The maximum atomic E-state index is 9.96. The zero-order chi connectivity index (χ0) is 14.8. The normalized spacial score (nSPS) is 17.0. The summed E-state index contributed by atoms with van der Waals surface area (Å²) < 4.78 is 0. The molecule has 0 spiro atoms. The van der Waals surface area contributed by atoms with Gasteiger partial charge in [0.05, 0.1) is 0 Å². The molecule has 3 rings (SSSR count). The second-order valence-electron chi connectivity index (χ2n) is 5.53. The Hall–Kier alpha value is -2.20. The highest BCUT2D eigenvalue weighted by molar-refractivity contribution is 5.61. The van der Waals surface area contributed by atoms with E-state index in [4.69, 9.17) is 5.73 Å². The first kappa shape index (κ1) is 13.8. The molecule has 0 fully saturated rings. The lowest BCUT2D eigenvalue weighted by Crippen LogP contribution is -2.22. The van der Waals surface area contributed by atoms with Gasteiger partial charge < -0.3 is 20.8 Å². The van der Waals surface area contributed by atoms with Crippen LogP contribution in [0.15, 0.2) is 42.5 Å². The number of hydrogen-bond acceptors (Lipinski definition) is 4. The first-order valence-electron chi connectivity index (χ1n) is 7.24. The summed E-state index contributed by atoms with van der Waals surface area (Å²) in [6.07, 6.45) is 0.967. The molecule has 0 radical (unpaired) electrons. The summed E-state index contributed by atoms with van der Waals surface area (Å²) in [7, 11) is 0. The minimum atomic E-state index is 0.0825. The number of phenolic OH excluding ortho intramolecular Hbond substituents is 2. The molecule has 0 aromatic heterocycles. The monoisotopic (exact) mass is 284 g/mol. The van der Waals surface area contributed by atoms with Crippen LogP contribution < -0.4 is 10.6 Å². The summed E-state index contributed by atoms with van der Waals surface area (Å²) in [5, 5.41) is 19.3. The van der Waals surface area contributed by atoms with Gasteiger partial charge in [-0.05, 0) is 36.7 Å². The third-order valence-corrected chi connectivity index (χ3v) is 4.10. The second kappa shape index (κ2) is 5.66. The topological polar surface area (TPSA) is 69.7 Å². The third kappa shape index (κ3) is 2.67. The van der Waals surface area contributed by atoms with Gasteiger partial charge in [0.15, 0.2) is 0 Å². The van der Waals surface area contributed by atoms with Crippen LogP contribution in [0.25, 0.3) is 0 Å². The molecule has 1 aliphatic rings. The smallest absolute Gasteiger partial charge is 0.124 e. The molecular formula is C17H20N2O2. The molecule has 1 heterocycles. The number of rotatable bonds is 4. The Morgan fingerprint density at radius 1 is 1.14 bits per heavy atom. The summed E-state index contributed by atoms with van der Waals surface area (Å²) in [5.74, 6) is 0.666. The molecule has 0 saturated heterocycles. The minimum absolute atomic E-state index is 0.0825. The van der Waals surface area contributed by atoms with Crippen molar-refractivity contribution in [2.24, 2.45) is 5.73 Å². The molecule has 0 saturated carbocycles. The van der Waals surface area contributed by atoms with Crippen molar-refractivity contribution >= 4 is 5.69 Å². The van der Waals surface area contributed by atoms with Crippen LogP contribution in [0, 0.1) is 0 Å². The summed E-state index contributed by atoms with van der Waals surface area (Å²) in [6, 6.07) is 13.1. The van der Waals surface area contributed by atoms with Gasteiger partial charge in [-0.25, -0.2) is 0 Å². The van der Waals surface area contributed by atoms with E-state index in [9.17, 15) is 10.2 Å². The molecule has 2 aromatic carbocycles. The van der Waals surface area contributed by atoms with Crippen LogP contribution in [0.4, 0.5) is 5.69 Å². The van der Waals surface area contributed by atoms with E-state index in [0.29, 0.717) is 19.0 Å². The van der Waals surface area contributed by atoms with Crippen LogP contribution in [-0.2, 0) is 6.54 Å². The standard InChI is InChI=1S/C17H20N2O2/c18-8-7-12-10-19(16-4-2-1-3-15(12)16)11-13-5-6-14(20)9-17(13)21/h1-6,9,12,20-21H,7-8,10-11,18H2.